The van der Waals surface area contributed by atoms with Crippen LogP contribution in [0.2, 0.25) is 0 Å². The van der Waals surface area contributed by atoms with Crippen LogP contribution in [0.15, 0.2) is 24.3 Å². The molecule has 0 aliphatic carbocycles. The van der Waals surface area contributed by atoms with E-state index in [1.807, 2.05) is 26.0 Å². The van der Waals surface area contributed by atoms with Gasteiger partial charge in [-0.1, -0.05) is 31.5 Å². The van der Waals surface area contributed by atoms with Crippen molar-refractivity contribution < 1.29 is 9.84 Å². The molecule has 1 unspecified atom stereocenters. The maximum Gasteiger partial charge on any atom is 0.133 e. The summed E-state index contributed by atoms with van der Waals surface area (Å²) in [6.07, 6.45) is -0.504. The van der Waals surface area contributed by atoms with E-state index in [4.69, 9.17) is 9.72 Å². The smallest absolute Gasteiger partial charge is 0.133 e. The second kappa shape index (κ2) is 9.55. The van der Waals surface area contributed by atoms with Gasteiger partial charge in [0, 0.05) is 50.4 Å². The van der Waals surface area contributed by atoms with E-state index in [0.717, 1.165) is 54.8 Å². The van der Waals surface area contributed by atoms with Gasteiger partial charge in [-0.25, -0.2) is 9.97 Å². The predicted molar refractivity (Wildman–Crippen MR) is 117 cm³/mol. The maximum atomic E-state index is 10.4. The number of β-amino-alcohol motifs (C(OH)–C–C–N with tert-alkyl or cyclic N) is 1. The van der Waals surface area contributed by atoms with E-state index in [1.165, 1.54) is 5.56 Å². The minimum Gasteiger partial charge on any atom is -0.491 e. The van der Waals surface area contributed by atoms with E-state index in [0.29, 0.717) is 19.1 Å². The van der Waals surface area contributed by atoms with Crippen molar-refractivity contribution in [2.75, 3.05) is 44.2 Å². The average Bonchev–Trinajstić information content (AvgIpc) is 2.67. The van der Waals surface area contributed by atoms with Crippen LogP contribution in [0.25, 0.3) is 0 Å². The molecule has 1 aromatic heterocycles. The molecule has 6 heteroatoms. The summed E-state index contributed by atoms with van der Waals surface area (Å²) in [5.41, 5.74) is 3.33. The first-order valence-corrected chi connectivity index (χ1v) is 10.5. The second-order valence-electron chi connectivity index (χ2n) is 8.40. The zero-order chi connectivity index (χ0) is 21.0. The first-order chi connectivity index (χ1) is 13.8. The van der Waals surface area contributed by atoms with Crippen molar-refractivity contribution >= 4 is 5.82 Å². The third-order valence-electron chi connectivity index (χ3n) is 5.30. The fourth-order valence-electron chi connectivity index (χ4n) is 3.65. The van der Waals surface area contributed by atoms with Gasteiger partial charge in [-0.2, -0.15) is 0 Å². The van der Waals surface area contributed by atoms with Crippen LogP contribution < -0.4 is 9.64 Å². The van der Waals surface area contributed by atoms with Crippen molar-refractivity contribution in [3.05, 3.63) is 46.9 Å². The molecule has 1 aromatic carbocycles. The topological polar surface area (TPSA) is 61.7 Å². The number of aliphatic hydroxyl groups is 1. The van der Waals surface area contributed by atoms with Crippen molar-refractivity contribution in [3.8, 4) is 5.75 Å². The summed E-state index contributed by atoms with van der Waals surface area (Å²) >= 11 is 0. The Morgan fingerprint density at radius 2 is 1.76 bits per heavy atom. The van der Waals surface area contributed by atoms with Crippen molar-refractivity contribution in [1.29, 1.82) is 0 Å². The quantitative estimate of drug-likeness (QED) is 0.773. The number of aromatic nitrogens is 2. The Hall–Kier alpha value is -2.18. The lowest BCUT2D eigenvalue weighted by atomic mass is 10.1. The minimum absolute atomic E-state index is 0.312. The van der Waals surface area contributed by atoms with Gasteiger partial charge in [0.25, 0.3) is 0 Å². The SMILES string of the molecule is Cc1ccc(OCC(O)CN2CCN(c3cc(C)nc(C(C)C)n3)CC2)c(C)c1. The Balaban J connectivity index is 1.48. The summed E-state index contributed by atoms with van der Waals surface area (Å²) in [5, 5.41) is 10.4. The van der Waals surface area contributed by atoms with E-state index in [-0.39, 0.29) is 0 Å². The van der Waals surface area contributed by atoms with Gasteiger partial charge in [-0.05, 0) is 32.4 Å². The molecule has 0 amide bonds. The second-order valence-corrected chi connectivity index (χ2v) is 8.40. The first kappa shape index (κ1) is 21.5. The van der Waals surface area contributed by atoms with Crippen LogP contribution in [0.3, 0.4) is 0 Å². The number of nitrogens with zero attached hydrogens (tertiary/aromatic N) is 4. The molecule has 158 valence electrons. The van der Waals surface area contributed by atoms with Gasteiger partial charge in [-0.15, -0.1) is 0 Å². The highest BCUT2D eigenvalue weighted by Crippen LogP contribution is 2.20. The summed E-state index contributed by atoms with van der Waals surface area (Å²) < 4.78 is 5.83. The number of anilines is 1. The third-order valence-corrected chi connectivity index (χ3v) is 5.30. The number of rotatable bonds is 7. The van der Waals surface area contributed by atoms with E-state index < -0.39 is 6.10 Å². The van der Waals surface area contributed by atoms with Gasteiger partial charge in [0.1, 0.15) is 30.1 Å². The Morgan fingerprint density at radius 1 is 1.03 bits per heavy atom. The van der Waals surface area contributed by atoms with Gasteiger partial charge in [0.05, 0.1) is 0 Å². The van der Waals surface area contributed by atoms with Crippen molar-refractivity contribution in [1.82, 2.24) is 14.9 Å². The molecule has 6 nitrogen and oxygen atoms in total. The molecule has 0 bridgehead atoms. The van der Waals surface area contributed by atoms with Gasteiger partial charge in [0.2, 0.25) is 0 Å². The summed E-state index contributed by atoms with van der Waals surface area (Å²) in [7, 11) is 0. The fourth-order valence-corrected chi connectivity index (χ4v) is 3.65. The number of aliphatic hydroxyl groups excluding tert-OH is 1. The summed E-state index contributed by atoms with van der Waals surface area (Å²) in [6, 6.07) is 8.17. The molecule has 0 radical (unpaired) electrons. The van der Waals surface area contributed by atoms with Gasteiger partial charge >= 0.3 is 0 Å². The van der Waals surface area contributed by atoms with Crippen molar-refractivity contribution in [2.24, 2.45) is 0 Å². The molecule has 29 heavy (non-hydrogen) atoms. The lowest BCUT2D eigenvalue weighted by Crippen LogP contribution is -2.49. The molecule has 1 aliphatic heterocycles. The Bertz CT molecular complexity index is 817. The average molecular weight is 399 g/mol. The standard InChI is InChI=1S/C23H34N4O2/c1-16(2)23-24-19(5)13-22(25-23)27-10-8-26(9-11-27)14-20(28)15-29-21-7-6-17(3)12-18(21)4/h6-7,12-13,16,20,28H,8-11,14-15H2,1-5H3. The van der Waals surface area contributed by atoms with E-state index in [1.54, 1.807) is 0 Å². The summed E-state index contributed by atoms with van der Waals surface area (Å²) in [5.74, 6) is 3.09. The Labute approximate surface area is 174 Å². The normalized spacial score (nSPS) is 16.3. The molecule has 1 aliphatic rings. The molecule has 0 saturated carbocycles. The lowest BCUT2D eigenvalue weighted by Gasteiger charge is -2.36. The molecular formula is C23H34N4O2. The number of benzene rings is 1. The number of aryl methyl sites for hydroxylation is 3. The van der Waals surface area contributed by atoms with Crippen LogP contribution in [0.5, 0.6) is 5.75 Å². The van der Waals surface area contributed by atoms with Gasteiger partial charge in [-0.3, -0.25) is 4.90 Å². The van der Waals surface area contributed by atoms with Gasteiger partial charge < -0.3 is 14.7 Å². The van der Waals surface area contributed by atoms with Crippen LogP contribution in [0.4, 0.5) is 5.82 Å². The van der Waals surface area contributed by atoms with Crippen LogP contribution in [-0.2, 0) is 0 Å². The molecule has 1 atom stereocenters. The molecule has 1 N–H and O–H groups in total. The zero-order valence-electron chi connectivity index (χ0n) is 18.4. The number of hydrogen-bond donors (Lipinski definition) is 1. The maximum absolute atomic E-state index is 10.4. The monoisotopic (exact) mass is 398 g/mol. The summed E-state index contributed by atoms with van der Waals surface area (Å²) in [6.45, 7) is 14.9. The Kier molecular flexibility index (Phi) is 7.09. The minimum atomic E-state index is -0.504. The third kappa shape index (κ3) is 5.90. The highest BCUT2D eigenvalue weighted by atomic mass is 16.5. The molecule has 1 fully saturated rings. The van der Waals surface area contributed by atoms with Crippen LogP contribution >= 0.6 is 0 Å². The molecule has 0 spiro atoms. The highest BCUT2D eigenvalue weighted by molar-refractivity contribution is 5.40. The Morgan fingerprint density at radius 3 is 2.41 bits per heavy atom. The lowest BCUT2D eigenvalue weighted by molar-refractivity contribution is 0.0660. The first-order valence-electron chi connectivity index (χ1n) is 10.5. The molecular weight excluding hydrogens is 364 g/mol. The molecule has 1 saturated heterocycles. The van der Waals surface area contributed by atoms with Crippen molar-refractivity contribution in [2.45, 2.75) is 46.6 Å². The van der Waals surface area contributed by atoms with E-state index in [2.05, 4.69) is 47.7 Å². The van der Waals surface area contributed by atoms with Crippen LogP contribution in [-0.4, -0.2) is 65.4 Å². The van der Waals surface area contributed by atoms with Crippen molar-refractivity contribution in [3.63, 3.8) is 0 Å². The zero-order valence-corrected chi connectivity index (χ0v) is 18.4. The largest absolute Gasteiger partial charge is 0.491 e. The predicted octanol–water partition coefficient (Wildman–Crippen LogP) is 3.09. The number of piperazine rings is 1. The molecule has 2 heterocycles. The molecule has 3 rings (SSSR count). The number of ether oxygens (including phenoxy) is 1. The van der Waals surface area contributed by atoms with Gasteiger partial charge in [0.15, 0.2) is 0 Å². The summed E-state index contributed by atoms with van der Waals surface area (Å²) in [4.78, 5) is 13.9. The number of hydrogen-bond acceptors (Lipinski definition) is 6. The van der Waals surface area contributed by atoms with E-state index in [9.17, 15) is 5.11 Å². The molecule has 2 aromatic rings. The van der Waals surface area contributed by atoms with E-state index >= 15 is 0 Å². The fraction of sp³-hybridized carbons (Fsp3) is 0.565. The van der Waals surface area contributed by atoms with Crippen LogP contribution in [0.1, 0.15) is 42.4 Å². The van der Waals surface area contributed by atoms with Crippen LogP contribution in [0, 0.1) is 20.8 Å². The highest BCUT2D eigenvalue weighted by Gasteiger charge is 2.21.